The molecule has 0 unspecified atom stereocenters. The van der Waals surface area contributed by atoms with E-state index in [4.69, 9.17) is 0 Å². The molecule has 0 atom stereocenters. The molecule has 0 heterocycles. The molecular formula is C13H19N3Na4O10. The average molecular weight is 469 g/mol. The molecule has 0 rings (SSSR count). The maximum Gasteiger partial charge on any atom is 1.00 e. The van der Waals surface area contributed by atoms with Gasteiger partial charge in [0.25, 0.3) is 0 Å². The van der Waals surface area contributed by atoms with Gasteiger partial charge in [0.15, 0.2) is 0 Å². The molecular weight excluding hydrogens is 450 g/mol. The van der Waals surface area contributed by atoms with Crippen LogP contribution in [0.4, 0.5) is 4.79 Å². The van der Waals surface area contributed by atoms with E-state index in [0.29, 0.717) is 6.61 Å². The van der Waals surface area contributed by atoms with Crippen LogP contribution in [-0.2, 0) is 23.9 Å². The van der Waals surface area contributed by atoms with E-state index in [9.17, 15) is 44.4 Å². The van der Waals surface area contributed by atoms with Crippen LogP contribution < -0.4 is 144 Å². The number of primary amides is 1. The van der Waals surface area contributed by atoms with Gasteiger partial charge in [-0.15, -0.1) is 0 Å². The molecule has 17 heteroatoms. The van der Waals surface area contributed by atoms with Crippen LogP contribution in [0.5, 0.6) is 0 Å². The van der Waals surface area contributed by atoms with Gasteiger partial charge in [0.2, 0.25) is 0 Å². The van der Waals surface area contributed by atoms with Gasteiger partial charge in [-0.25, -0.2) is 4.79 Å². The summed E-state index contributed by atoms with van der Waals surface area (Å²) in [5, 5.41) is 41.6. The van der Waals surface area contributed by atoms with Crippen molar-refractivity contribution in [1.82, 2.24) is 9.80 Å². The molecule has 0 fully saturated rings. The summed E-state index contributed by atoms with van der Waals surface area (Å²) in [6.45, 7) is -1.20. The van der Waals surface area contributed by atoms with Gasteiger partial charge < -0.3 is 50.1 Å². The van der Waals surface area contributed by atoms with Gasteiger partial charge in [-0.2, -0.15) is 0 Å². The summed E-state index contributed by atoms with van der Waals surface area (Å²) in [6.07, 6.45) is -0.711. The quantitative estimate of drug-likeness (QED) is 0.263. The monoisotopic (exact) mass is 469 g/mol. The van der Waals surface area contributed by atoms with Crippen molar-refractivity contribution in [1.29, 1.82) is 0 Å². The number of carboxylic acid groups (broad SMARTS) is 4. The van der Waals surface area contributed by atoms with E-state index >= 15 is 0 Å². The van der Waals surface area contributed by atoms with Crippen LogP contribution in [0.25, 0.3) is 0 Å². The molecule has 0 aromatic rings. The molecule has 0 aliphatic heterocycles. The normalized spacial score (nSPS) is 8.63. The Morgan fingerprint density at radius 1 is 0.667 bits per heavy atom. The van der Waals surface area contributed by atoms with Gasteiger partial charge in [-0.1, -0.05) is 0 Å². The Bertz CT molecular complexity index is 446. The molecule has 0 bridgehead atoms. The van der Waals surface area contributed by atoms with Gasteiger partial charge in [-0.3, -0.25) is 9.80 Å². The maximum atomic E-state index is 10.4. The van der Waals surface area contributed by atoms with E-state index in [1.807, 2.05) is 0 Å². The van der Waals surface area contributed by atoms with Crippen molar-refractivity contribution in [2.24, 2.45) is 5.73 Å². The van der Waals surface area contributed by atoms with E-state index < -0.39 is 56.1 Å². The number of carbonyl (C=O) groups is 5. The fourth-order valence-corrected chi connectivity index (χ4v) is 1.58. The Morgan fingerprint density at radius 2 is 0.900 bits per heavy atom. The summed E-state index contributed by atoms with van der Waals surface area (Å²) in [5.74, 6) is -6.12. The summed E-state index contributed by atoms with van der Waals surface area (Å²) >= 11 is 0. The zero-order valence-electron chi connectivity index (χ0n) is 18.0. The predicted octanol–water partition coefficient (Wildman–Crippen LogP) is -19.3. The Balaban J connectivity index is -0.000000126. The number of nitrogens with zero attached hydrogens (tertiary/aromatic N) is 2. The molecule has 0 saturated heterocycles. The molecule has 0 aliphatic rings. The van der Waals surface area contributed by atoms with Crippen LogP contribution >= 0.6 is 0 Å². The number of carbonyl (C=O) groups excluding carboxylic acids is 5. The molecule has 0 radical (unpaired) electrons. The average Bonchev–Trinajstić information content (AvgIpc) is 2.42. The largest absolute Gasteiger partial charge is 1.00 e. The first-order valence-corrected chi connectivity index (χ1v) is 7.14. The van der Waals surface area contributed by atoms with Gasteiger partial charge in [0, 0.05) is 39.3 Å². The summed E-state index contributed by atoms with van der Waals surface area (Å²) in [5.41, 5.74) is 4.54. The number of rotatable bonds is 12. The van der Waals surface area contributed by atoms with Gasteiger partial charge >= 0.3 is 124 Å². The van der Waals surface area contributed by atoms with E-state index in [0.717, 1.165) is 9.80 Å². The SMILES string of the molecule is CCOC(N)=O.O=C([O-])CN(CCN(CC(=O)[O-])CC(=O)[O-])CC(=O)[O-].[Na+].[Na+].[Na+].[Na+]. The smallest absolute Gasteiger partial charge is 0.549 e. The van der Waals surface area contributed by atoms with E-state index in [-0.39, 0.29) is 131 Å². The predicted molar refractivity (Wildman–Crippen MR) is 74.1 cm³/mol. The van der Waals surface area contributed by atoms with Crippen LogP contribution in [0.15, 0.2) is 0 Å². The van der Waals surface area contributed by atoms with Crippen molar-refractivity contribution < 1.29 is 167 Å². The molecule has 13 nitrogen and oxygen atoms in total. The number of hydrogen-bond acceptors (Lipinski definition) is 12. The van der Waals surface area contributed by atoms with Crippen LogP contribution in [0.3, 0.4) is 0 Å². The van der Waals surface area contributed by atoms with E-state index in [2.05, 4.69) is 10.5 Å². The molecule has 2 N–H and O–H groups in total. The fraction of sp³-hybridized carbons (Fsp3) is 0.615. The number of hydrogen-bond donors (Lipinski definition) is 1. The third kappa shape index (κ3) is 36.4. The second-order valence-corrected chi connectivity index (χ2v) is 4.66. The summed E-state index contributed by atoms with van der Waals surface area (Å²) in [7, 11) is 0. The Kier molecular flexibility index (Phi) is 41.9. The Morgan fingerprint density at radius 3 is 1.00 bits per heavy atom. The number of amides is 1. The van der Waals surface area contributed by atoms with Crippen LogP contribution in [0.2, 0.25) is 0 Å². The zero-order valence-corrected chi connectivity index (χ0v) is 26.0. The fourth-order valence-electron chi connectivity index (χ4n) is 1.58. The van der Waals surface area contributed by atoms with Crippen molar-refractivity contribution in [2.75, 3.05) is 45.9 Å². The molecule has 0 aromatic heterocycles. The Hall–Kier alpha value is 1.07. The van der Waals surface area contributed by atoms with Gasteiger partial charge in [-0.05, 0) is 6.92 Å². The summed E-state index contributed by atoms with van der Waals surface area (Å²) in [6, 6.07) is 0. The molecule has 0 aliphatic carbocycles. The topological polar surface area (TPSA) is 219 Å². The minimum Gasteiger partial charge on any atom is -0.549 e. The first-order valence-electron chi connectivity index (χ1n) is 7.14. The van der Waals surface area contributed by atoms with Crippen molar-refractivity contribution in [3.05, 3.63) is 0 Å². The summed E-state index contributed by atoms with van der Waals surface area (Å²) < 4.78 is 4.18. The third-order valence-corrected chi connectivity index (χ3v) is 2.43. The molecule has 0 spiro atoms. The molecule has 0 aromatic carbocycles. The van der Waals surface area contributed by atoms with Gasteiger partial charge in [0.1, 0.15) is 0 Å². The second-order valence-electron chi connectivity index (χ2n) is 4.66. The van der Waals surface area contributed by atoms with E-state index in [1.54, 1.807) is 6.92 Å². The Labute approximate surface area is 262 Å². The van der Waals surface area contributed by atoms with Crippen molar-refractivity contribution in [3.8, 4) is 0 Å². The zero-order chi connectivity index (χ0) is 20.7. The second kappa shape index (κ2) is 28.1. The number of nitrogens with two attached hydrogens (primary N) is 1. The molecule has 0 saturated carbocycles. The third-order valence-electron chi connectivity index (χ3n) is 2.43. The molecule has 1 amide bonds. The summed E-state index contributed by atoms with van der Waals surface area (Å²) in [4.78, 5) is 53.0. The number of carboxylic acids is 4. The number of aliphatic carboxylic acids is 4. The minimum absolute atomic E-state index is 0. The first-order chi connectivity index (χ1) is 12.0. The van der Waals surface area contributed by atoms with Gasteiger partial charge in [0.05, 0.1) is 30.5 Å². The van der Waals surface area contributed by atoms with Crippen molar-refractivity contribution in [3.63, 3.8) is 0 Å². The van der Waals surface area contributed by atoms with Crippen LogP contribution in [-0.4, -0.2) is 85.6 Å². The van der Waals surface area contributed by atoms with Crippen LogP contribution in [0, 0.1) is 0 Å². The number of ether oxygens (including phenoxy) is 1. The maximum absolute atomic E-state index is 10.4. The molecule has 150 valence electrons. The minimum atomic E-state index is -1.53. The van der Waals surface area contributed by atoms with Crippen LogP contribution in [0.1, 0.15) is 6.92 Å². The first kappa shape index (κ1) is 44.7. The molecule has 30 heavy (non-hydrogen) atoms. The van der Waals surface area contributed by atoms with Crippen molar-refractivity contribution in [2.45, 2.75) is 6.92 Å². The van der Waals surface area contributed by atoms with E-state index in [1.165, 1.54) is 0 Å². The standard InChI is InChI=1S/C10H16N2O8.C3H7NO2.4Na/c13-7(14)3-11(4-8(15)16)1-2-12(5-9(17)18)6-10(19)20;1-2-6-3(4)5;;;;/h1-6H2,(H,13,14)(H,15,16)(H,17,18)(H,19,20);2H2,1H3,(H2,4,5);;;;/q;;4*+1/p-4. The van der Waals surface area contributed by atoms with Crippen molar-refractivity contribution >= 4 is 30.0 Å².